The van der Waals surface area contributed by atoms with Crippen molar-refractivity contribution in [1.82, 2.24) is 4.57 Å². The van der Waals surface area contributed by atoms with E-state index in [9.17, 15) is 9.18 Å². The van der Waals surface area contributed by atoms with Crippen LogP contribution in [0.5, 0.6) is 0 Å². The average Bonchev–Trinajstić information content (AvgIpc) is 2.62. The van der Waals surface area contributed by atoms with E-state index in [1.165, 1.54) is 12.1 Å². The highest BCUT2D eigenvalue weighted by Crippen LogP contribution is 2.38. The molecule has 0 aliphatic heterocycles. The molecule has 0 aliphatic rings. The number of aromatic nitrogens is 1. The van der Waals surface area contributed by atoms with Crippen LogP contribution in [0.2, 0.25) is 5.02 Å². The van der Waals surface area contributed by atoms with E-state index in [1.807, 2.05) is 0 Å². The maximum absolute atomic E-state index is 14.1. The number of nitrogens with two attached hydrogens (primary N) is 1. The number of benzene rings is 1. The molecule has 2 N–H and O–H groups in total. The number of hydrogen-bond donors (Lipinski definition) is 1. The number of hydrogen-bond acceptors (Lipinski definition) is 3. The van der Waals surface area contributed by atoms with Gasteiger partial charge in [0.25, 0.3) is 0 Å². The van der Waals surface area contributed by atoms with E-state index >= 15 is 0 Å². The van der Waals surface area contributed by atoms with Crippen molar-refractivity contribution >= 4 is 23.3 Å². The topological polar surface area (TPSA) is 57.2 Å². The molecule has 0 bridgehead atoms. The Hall–Kier alpha value is -2.01. The highest BCUT2D eigenvalue weighted by atomic mass is 35.5. The molecule has 1 aromatic heterocycles. The summed E-state index contributed by atoms with van der Waals surface area (Å²) in [6.45, 7) is 3.67. The van der Waals surface area contributed by atoms with Gasteiger partial charge in [-0.1, -0.05) is 17.7 Å². The van der Waals surface area contributed by atoms with E-state index in [0.29, 0.717) is 11.4 Å². The van der Waals surface area contributed by atoms with Gasteiger partial charge in [0.05, 0.1) is 28.6 Å². The third-order valence-electron chi connectivity index (χ3n) is 3.40. The van der Waals surface area contributed by atoms with E-state index in [2.05, 4.69) is 0 Å². The fraction of sp³-hybridized carbons (Fsp3) is 0.267. The number of ether oxygens (including phenoxy) is 1. The molecular formula is C15H16ClFN2O2. The highest BCUT2D eigenvalue weighted by Gasteiger charge is 2.26. The average molecular weight is 311 g/mol. The lowest BCUT2D eigenvalue weighted by atomic mass is 10.1. The third kappa shape index (κ3) is 2.49. The van der Waals surface area contributed by atoms with Crippen LogP contribution in [0.25, 0.3) is 11.3 Å². The third-order valence-corrected chi connectivity index (χ3v) is 3.72. The standard InChI is InChI=1S/C15H16ClFN2O2/c1-4-21-15(20)11-8(2)19(3)14(13(11)18)12-9(16)6-5-7-10(12)17/h5-7H,4,18H2,1-3H3. The summed E-state index contributed by atoms with van der Waals surface area (Å²) < 4.78 is 20.8. The number of nitrogen functional groups attached to an aromatic ring is 1. The minimum absolute atomic E-state index is 0.167. The molecule has 1 aromatic carbocycles. The first kappa shape index (κ1) is 15.4. The first-order valence-electron chi connectivity index (χ1n) is 6.46. The summed E-state index contributed by atoms with van der Waals surface area (Å²) in [6.07, 6.45) is 0. The number of carbonyl (C=O) groups excluding carboxylic acids is 1. The van der Waals surface area contributed by atoms with E-state index in [4.69, 9.17) is 22.1 Å². The zero-order chi connectivity index (χ0) is 15.7. The summed E-state index contributed by atoms with van der Waals surface area (Å²) in [4.78, 5) is 12.0. The number of esters is 1. The molecule has 4 nitrogen and oxygen atoms in total. The van der Waals surface area contributed by atoms with Crippen LogP contribution in [0.1, 0.15) is 23.0 Å². The van der Waals surface area contributed by atoms with Crippen molar-refractivity contribution in [3.05, 3.63) is 40.3 Å². The largest absolute Gasteiger partial charge is 0.462 e. The van der Waals surface area contributed by atoms with Gasteiger partial charge in [0.1, 0.15) is 11.4 Å². The molecule has 112 valence electrons. The van der Waals surface area contributed by atoms with Crippen molar-refractivity contribution < 1.29 is 13.9 Å². The van der Waals surface area contributed by atoms with Gasteiger partial charge in [0, 0.05) is 12.7 Å². The second-order valence-electron chi connectivity index (χ2n) is 4.60. The molecule has 1 heterocycles. The van der Waals surface area contributed by atoms with Gasteiger partial charge < -0.3 is 15.0 Å². The fourth-order valence-electron chi connectivity index (χ4n) is 2.32. The van der Waals surface area contributed by atoms with Crippen LogP contribution in [0.15, 0.2) is 18.2 Å². The molecule has 0 amide bonds. The Labute approximate surface area is 127 Å². The summed E-state index contributed by atoms with van der Waals surface area (Å²) in [5.74, 6) is -1.02. The molecule has 0 unspecified atom stereocenters. The maximum Gasteiger partial charge on any atom is 0.342 e. The van der Waals surface area contributed by atoms with Crippen LogP contribution >= 0.6 is 11.6 Å². The van der Waals surface area contributed by atoms with E-state index in [-0.39, 0.29) is 28.4 Å². The Morgan fingerprint density at radius 3 is 2.71 bits per heavy atom. The zero-order valence-corrected chi connectivity index (χ0v) is 12.8. The van der Waals surface area contributed by atoms with Crippen LogP contribution in [0.3, 0.4) is 0 Å². The van der Waals surface area contributed by atoms with Gasteiger partial charge in [-0.05, 0) is 26.0 Å². The van der Waals surface area contributed by atoms with Gasteiger partial charge in [-0.3, -0.25) is 0 Å². The SMILES string of the molecule is CCOC(=O)c1c(N)c(-c2c(F)cccc2Cl)n(C)c1C. The zero-order valence-electron chi connectivity index (χ0n) is 12.0. The van der Waals surface area contributed by atoms with Crippen LogP contribution in [-0.4, -0.2) is 17.1 Å². The summed E-state index contributed by atoms with van der Waals surface area (Å²) in [7, 11) is 1.70. The lowest BCUT2D eigenvalue weighted by Crippen LogP contribution is -2.08. The molecule has 0 fully saturated rings. The van der Waals surface area contributed by atoms with Gasteiger partial charge in [0.2, 0.25) is 0 Å². The molecule has 0 saturated heterocycles. The summed E-state index contributed by atoms with van der Waals surface area (Å²) >= 11 is 6.09. The molecule has 6 heteroatoms. The fourth-order valence-corrected chi connectivity index (χ4v) is 2.57. The van der Waals surface area contributed by atoms with Crippen LogP contribution in [0, 0.1) is 12.7 Å². The number of anilines is 1. The highest BCUT2D eigenvalue weighted by molar-refractivity contribution is 6.33. The van der Waals surface area contributed by atoms with Gasteiger partial charge >= 0.3 is 5.97 Å². The van der Waals surface area contributed by atoms with Crippen molar-refractivity contribution in [2.75, 3.05) is 12.3 Å². The van der Waals surface area contributed by atoms with E-state index < -0.39 is 11.8 Å². The molecule has 2 aromatic rings. The molecule has 2 rings (SSSR count). The molecule has 0 atom stereocenters. The Kier molecular flexibility index (Phi) is 4.23. The second kappa shape index (κ2) is 5.77. The minimum Gasteiger partial charge on any atom is -0.462 e. The Bertz CT molecular complexity index is 690. The second-order valence-corrected chi connectivity index (χ2v) is 5.01. The Balaban J connectivity index is 2.72. The van der Waals surface area contributed by atoms with E-state index in [0.717, 1.165) is 0 Å². The smallest absolute Gasteiger partial charge is 0.342 e. The van der Waals surface area contributed by atoms with E-state index in [1.54, 1.807) is 31.5 Å². The number of halogens is 2. The molecule has 0 spiro atoms. The molecule has 0 saturated carbocycles. The van der Waals surface area contributed by atoms with Crippen molar-refractivity contribution in [3.8, 4) is 11.3 Å². The number of nitrogens with zero attached hydrogens (tertiary/aromatic N) is 1. The number of carbonyl (C=O) groups is 1. The lowest BCUT2D eigenvalue weighted by molar-refractivity contribution is 0.0526. The first-order valence-corrected chi connectivity index (χ1v) is 6.84. The van der Waals surface area contributed by atoms with Crippen molar-refractivity contribution in [3.63, 3.8) is 0 Å². The van der Waals surface area contributed by atoms with Crippen molar-refractivity contribution in [2.45, 2.75) is 13.8 Å². The quantitative estimate of drug-likeness (QED) is 0.882. The Morgan fingerprint density at radius 2 is 2.14 bits per heavy atom. The summed E-state index contributed by atoms with van der Waals surface area (Å²) in [6, 6.07) is 4.39. The van der Waals surface area contributed by atoms with Gasteiger partial charge in [-0.25, -0.2) is 9.18 Å². The Morgan fingerprint density at radius 1 is 1.48 bits per heavy atom. The molecular weight excluding hydrogens is 295 g/mol. The van der Waals surface area contributed by atoms with Crippen molar-refractivity contribution in [1.29, 1.82) is 0 Å². The summed E-state index contributed by atoms with van der Waals surface area (Å²) in [5, 5.41) is 0.234. The van der Waals surface area contributed by atoms with Crippen molar-refractivity contribution in [2.24, 2.45) is 7.05 Å². The first-order chi connectivity index (χ1) is 9.90. The monoisotopic (exact) mass is 310 g/mol. The number of rotatable bonds is 3. The normalized spacial score (nSPS) is 10.7. The van der Waals surface area contributed by atoms with Gasteiger partial charge in [-0.15, -0.1) is 0 Å². The van der Waals surface area contributed by atoms with Crippen LogP contribution in [0.4, 0.5) is 10.1 Å². The molecule has 21 heavy (non-hydrogen) atoms. The predicted molar refractivity (Wildman–Crippen MR) is 80.9 cm³/mol. The van der Waals surface area contributed by atoms with Crippen LogP contribution in [-0.2, 0) is 11.8 Å². The minimum atomic E-state index is -0.526. The molecule has 0 radical (unpaired) electrons. The molecule has 0 aliphatic carbocycles. The maximum atomic E-state index is 14.1. The van der Waals surface area contributed by atoms with Gasteiger partial charge in [-0.2, -0.15) is 0 Å². The lowest BCUT2D eigenvalue weighted by Gasteiger charge is -2.09. The van der Waals surface area contributed by atoms with Crippen LogP contribution < -0.4 is 5.73 Å². The summed E-state index contributed by atoms with van der Waals surface area (Å²) in [5.41, 5.74) is 7.62. The predicted octanol–water partition coefficient (Wildman–Crippen LogP) is 3.55. The van der Waals surface area contributed by atoms with Gasteiger partial charge in [0.15, 0.2) is 0 Å².